The van der Waals surface area contributed by atoms with Gasteiger partial charge in [-0.25, -0.2) is 4.79 Å². The van der Waals surface area contributed by atoms with Gasteiger partial charge in [0.25, 0.3) is 5.91 Å². The van der Waals surface area contributed by atoms with Gasteiger partial charge in [0.15, 0.2) is 0 Å². The zero-order valence-electron chi connectivity index (χ0n) is 15.7. The van der Waals surface area contributed by atoms with Crippen molar-refractivity contribution >= 4 is 17.8 Å². The lowest BCUT2D eigenvalue weighted by Gasteiger charge is -2.20. The van der Waals surface area contributed by atoms with Crippen molar-refractivity contribution in [2.24, 2.45) is 0 Å². The summed E-state index contributed by atoms with van der Waals surface area (Å²) in [6.07, 6.45) is 8.73. The van der Waals surface area contributed by atoms with Crippen LogP contribution in [0.15, 0.2) is 0 Å². The molecule has 1 spiro atoms. The van der Waals surface area contributed by atoms with Gasteiger partial charge in [-0.05, 0) is 51.9 Å². The molecule has 3 fully saturated rings. The molecule has 7 nitrogen and oxygen atoms in total. The fourth-order valence-corrected chi connectivity index (χ4v) is 4.32. The molecule has 4 amide bonds. The fourth-order valence-electron chi connectivity index (χ4n) is 4.32. The smallest absolute Gasteiger partial charge is 0.325 e. The van der Waals surface area contributed by atoms with E-state index in [1.54, 1.807) is 0 Å². The van der Waals surface area contributed by atoms with E-state index >= 15 is 0 Å². The fraction of sp³-hybridized carbons (Fsp3) is 0.842. The number of nitrogens with one attached hydrogen (secondary N) is 2. The Balaban J connectivity index is 1.34. The Hall–Kier alpha value is -1.63. The highest BCUT2D eigenvalue weighted by molar-refractivity contribution is 6.07. The van der Waals surface area contributed by atoms with E-state index in [1.165, 1.54) is 4.90 Å². The van der Waals surface area contributed by atoms with Gasteiger partial charge in [-0.1, -0.05) is 12.8 Å². The quantitative estimate of drug-likeness (QED) is 0.645. The molecule has 146 valence electrons. The molecule has 3 aliphatic rings. The van der Waals surface area contributed by atoms with Crippen molar-refractivity contribution in [2.75, 3.05) is 13.2 Å². The number of carbonyl (C=O) groups is 3. The largest absolute Gasteiger partial charge is 0.378 e. The zero-order valence-corrected chi connectivity index (χ0v) is 15.7. The first-order chi connectivity index (χ1) is 12.5. The summed E-state index contributed by atoms with van der Waals surface area (Å²) < 4.78 is 5.60. The van der Waals surface area contributed by atoms with E-state index in [-0.39, 0.29) is 23.9 Å². The number of rotatable bonds is 8. The zero-order chi connectivity index (χ0) is 18.6. The summed E-state index contributed by atoms with van der Waals surface area (Å²) >= 11 is 0. The maximum absolute atomic E-state index is 12.5. The Bertz CT molecular complexity index is 539. The monoisotopic (exact) mass is 365 g/mol. The number of hydrogen-bond donors (Lipinski definition) is 2. The predicted molar refractivity (Wildman–Crippen MR) is 96.5 cm³/mol. The Morgan fingerprint density at radius 1 is 1.35 bits per heavy atom. The van der Waals surface area contributed by atoms with Gasteiger partial charge in [0.1, 0.15) is 5.54 Å². The summed E-state index contributed by atoms with van der Waals surface area (Å²) in [5.74, 6) is -0.127. The summed E-state index contributed by atoms with van der Waals surface area (Å²) in [5, 5.41) is 5.87. The molecule has 7 heteroatoms. The summed E-state index contributed by atoms with van der Waals surface area (Å²) in [6, 6.07) is -0.188. The third kappa shape index (κ3) is 4.37. The second-order valence-electron chi connectivity index (χ2n) is 7.96. The second kappa shape index (κ2) is 8.37. The van der Waals surface area contributed by atoms with Gasteiger partial charge in [0.2, 0.25) is 5.91 Å². The highest BCUT2D eigenvalue weighted by Gasteiger charge is 2.52. The normalized spacial score (nSPS) is 25.7. The van der Waals surface area contributed by atoms with Gasteiger partial charge in [0.05, 0.1) is 6.10 Å². The highest BCUT2D eigenvalue weighted by Crippen LogP contribution is 2.35. The number of nitrogens with zero attached hydrogens (tertiary/aromatic N) is 1. The molecule has 0 radical (unpaired) electrons. The van der Waals surface area contributed by atoms with E-state index in [4.69, 9.17) is 4.74 Å². The predicted octanol–water partition coefficient (Wildman–Crippen LogP) is 2.10. The van der Waals surface area contributed by atoms with Crippen molar-refractivity contribution in [1.29, 1.82) is 0 Å². The number of ether oxygens (including phenoxy) is 1. The SMILES string of the molecule is CC(CCC1CCCO1)NC(=O)CCCN1C(=O)NC2(CCCC2)C1=O. The molecule has 2 aliphatic heterocycles. The minimum atomic E-state index is -0.657. The molecule has 2 unspecified atom stereocenters. The maximum Gasteiger partial charge on any atom is 0.325 e. The minimum absolute atomic E-state index is 0.0209. The van der Waals surface area contributed by atoms with Gasteiger partial charge < -0.3 is 15.4 Å². The molecule has 3 rings (SSSR count). The van der Waals surface area contributed by atoms with Crippen molar-refractivity contribution < 1.29 is 19.1 Å². The molecule has 2 heterocycles. The van der Waals surface area contributed by atoms with Gasteiger partial charge >= 0.3 is 6.03 Å². The van der Waals surface area contributed by atoms with Crippen LogP contribution >= 0.6 is 0 Å². The molecule has 0 aromatic carbocycles. The number of hydrogen-bond acceptors (Lipinski definition) is 4. The van der Waals surface area contributed by atoms with Crippen molar-refractivity contribution in [3.05, 3.63) is 0 Å². The lowest BCUT2D eigenvalue weighted by atomic mass is 9.98. The standard InChI is InChI=1S/C19H31N3O4/c1-14(8-9-15-6-5-13-26-15)20-16(23)7-4-12-22-17(24)19(21-18(22)25)10-2-3-11-19/h14-15H,2-13H2,1H3,(H,20,23)(H,21,25). The van der Waals surface area contributed by atoms with E-state index in [0.717, 1.165) is 58.0 Å². The van der Waals surface area contributed by atoms with Crippen molar-refractivity contribution in [1.82, 2.24) is 15.5 Å². The van der Waals surface area contributed by atoms with Crippen LogP contribution in [0.25, 0.3) is 0 Å². The molecular formula is C19H31N3O4. The van der Waals surface area contributed by atoms with Crippen LogP contribution in [-0.2, 0) is 14.3 Å². The first-order valence-corrected chi connectivity index (χ1v) is 10.1. The van der Waals surface area contributed by atoms with Crippen LogP contribution in [0.1, 0.15) is 71.1 Å². The molecular weight excluding hydrogens is 334 g/mol. The third-order valence-corrected chi connectivity index (χ3v) is 5.84. The summed E-state index contributed by atoms with van der Waals surface area (Å²) in [4.78, 5) is 38.0. The van der Waals surface area contributed by atoms with E-state index < -0.39 is 5.54 Å². The van der Waals surface area contributed by atoms with E-state index in [1.807, 2.05) is 6.92 Å². The Morgan fingerprint density at radius 2 is 2.12 bits per heavy atom. The average Bonchev–Trinajstić information content (AvgIpc) is 3.32. The molecule has 0 bridgehead atoms. The Kier molecular flexibility index (Phi) is 6.16. The van der Waals surface area contributed by atoms with Crippen LogP contribution in [-0.4, -0.2) is 53.6 Å². The second-order valence-corrected chi connectivity index (χ2v) is 7.96. The topological polar surface area (TPSA) is 87.7 Å². The van der Waals surface area contributed by atoms with Crippen molar-refractivity contribution in [3.8, 4) is 0 Å². The molecule has 2 saturated heterocycles. The lowest BCUT2D eigenvalue weighted by Crippen LogP contribution is -2.44. The van der Waals surface area contributed by atoms with Crippen LogP contribution in [0.2, 0.25) is 0 Å². The Morgan fingerprint density at radius 3 is 2.81 bits per heavy atom. The van der Waals surface area contributed by atoms with Gasteiger partial charge in [0, 0.05) is 25.6 Å². The molecule has 0 aromatic rings. The van der Waals surface area contributed by atoms with Gasteiger partial charge in [-0.2, -0.15) is 0 Å². The number of imide groups is 1. The summed E-state index contributed by atoms with van der Waals surface area (Å²) in [7, 11) is 0. The summed E-state index contributed by atoms with van der Waals surface area (Å²) in [5.41, 5.74) is -0.657. The Labute approximate surface area is 155 Å². The summed E-state index contributed by atoms with van der Waals surface area (Å²) in [6.45, 7) is 3.17. The average molecular weight is 365 g/mol. The third-order valence-electron chi connectivity index (χ3n) is 5.84. The number of urea groups is 1. The lowest BCUT2D eigenvalue weighted by molar-refractivity contribution is -0.131. The van der Waals surface area contributed by atoms with Crippen LogP contribution in [0, 0.1) is 0 Å². The van der Waals surface area contributed by atoms with Gasteiger partial charge in [-0.3, -0.25) is 14.5 Å². The molecule has 26 heavy (non-hydrogen) atoms. The molecule has 2 atom stereocenters. The highest BCUT2D eigenvalue weighted by atomic mass is 16.5. The van der Waals surface area contributed by atoms with Crippen LogP contribution < -0.4 is 10.6 Å². The van der Waals surface area contributed by atoms with E-state index in [9.17, 15) is 14.4 Å². The minimum Gasteiger partial charge on any atom is -0.378 e. The van der Waals surface area contributed by atoms with Crippen LogP contribution in [0.3, 0.4) is 0 Å². The maximum atomic E-state index is 12.5. The van der Waals surface area contributed by atoms with E-state index in [0.29, 0.717) is 25.5 Å². The first-order valence-electron chi connectivity index (χ1n) is 10.1. The van der Waals surface area contributed by atoms with Crippen molar-refractivity contribution in [2.45, 2.75) is 88.8 Å². The molecule has 1 aliphatic carbocycles. The number of amides is 4. The molecule has 0 aromatic heterocycles. The van der Waals surface area contributed by atoms with E-state index in [2.05, 4.69) is 10.6 Å². The van der Waals surface area contributed by atoms with Gasteiger partial charge in [-0.15, -0.1) is 0 Å². The van der Waals surface area contributed by atoms with Crippen LogP contribution in [0.5, 0.6) is 0 Å². The first kappa shape index (κ1) is 19.1. The van der Waals surface area contributed by atoms with Crippen molar-refractivity contribution in [3.63, 3.8) is 0 Å². The molecule has 2 N–H and O–H groups in total. The van der Waals surface area contributed by atoms with Crippen LogP contribution in [0.4, 0.5) is 4.79 Å². The molecule has 1 saturated carbocycles. The number of carbonyl (C=O) groups excluding carboxylic acids is 3.